The lowest BCUT2D eigenvalue weighted by atomic mass is 10.1. The number of nitrogens with one attached hydrogen (secondary N) is 1. The predicted molar refractivity (Wildman–Crippen MR) is 62.6 cm³/mol. The molecule has 3 heterocycles. The van der Waals surface area contributed by atoms with Gasteiger partial charge in [-0.05, 0) is 32.2 Å². The van der Waals surface area contributed by atoms with Crippen LogP contribution in [0.4, 0.5) is 0 Å². The fraction of sp³-hybridized carbons (Fsp3) is 0.750. The summed E-state index contributed by atoms with van der Waals surface area (Å²) in [7, 11) is 0. The summed E-state index contributed by atoms with van der Waals surface area (Å²) in [6.45, 7) is 2.86. The van der Waals surface area contributed by atoms with Crippen molar-refractivity contribution in [3.63, 3.8) is 0 Å². The fourth-order valence-corrected chi connectivity index (χ4v) is 2.51. The maximum atomic E-state index is 5.74. The van der Waals surface area contributed by atoms with E-state index in [1.54, 1.807) is 6.20 Å². The number of ether oxygens (including phenoxy) is 1. The van der Waals surface area contributed by atoms with Crippen LogP contribution in [0.25, 0.3) is 0 Å². The Hall–Kier alpha value is -1.07. The molecule has 92 valence electrons. The Bertz CT molecular complexity index is 373. The molecule has 1 N–H and O–H groups in total. The Kier molecular flexibility index (Phi) is 3.29. The first-order valence-corrected chi connectivity index (χ1v) is 6.45. The second-order valence-electron chi connectivity index (χ2n) is 4.78. The van der Waals surface area contributed by atoms with Crippen LogP contribution in [0.2, 0.25) is 0 Å². The number of hydrogen-bond donors (Lipinski definition) is 1. The van der Waals surface area contributed by atoms with E-state index in [1.807, 2.05) is 0 Å². The average molecular weight is 234 g/mol. The number of aromatic nitrogens is 3. The summed E-state index contributed by atoms with van der Waals surface area (Å²) in [5, 5.41) is 11.6. The molecule has 5 nitrogen and oxygen atoms in total. The lowest BCUT2D eigenvalue weighted by Crippen LogP contribution is -2.16. The van der Waals surface area contributed by atoms with Crippen molar-refractivity contribution in [3.8, 4) is 0 Å². The van der Waals surface area contributed by atoms with E-state index < -0.39 is 0 Å². The highest BCUT2D eigenvalue weighted by Crippen LogP contribution is 2.27. The Morgan fingerprint density at radius 3 is 3.06 bits per heavy atom. The van der Waals surface area contributed by atoms with Crippen LogP contribution >= 0.6 is 0 Å². The zero-order valence-corrected chi connectivity index (χ0v) is 9.93. The van der Waals surface area contributed by atoms with Gasteiger partial charge in [0.1, 0.15) is 6.10 Å². The van der Waals surface area contributed by atoms with Crippen molar-refractivity contribution < 1.29 is 4.74 Å². The molecule has 1 aromatic rings. The molecule has 2 fully saturated rings. The molecule has 1 aromatic heterocycles. The molecule has 2 aliphatic rings. The summed E-state index contributed by atoms with van der Waals surface area (Å²) >= 11 is 0. The smallest absolute Gasteiger partial charge is 0.155 e. The monoisotopic (exact) mass is 234 g/mol. The highest BCUT2D eigenvalue weighted by Gasteiger charge is 2.23. The second-order valence-corrected chi connectivity index (χ2v) is 4.78. The van der Waals surface area contributed by atoms with Crippen LogP contribution in [0, 0.1) is 0 Å². The Morgan fingerprint density at radius 1 is 1.29 bits per heavy atom. The normalized spacial score (nSPS) is 29.4. The minimum atomic E-state index is 0.132. The SMILES string of the molecule is c1nnc(C2CCNC2)nc1C1CCCCO1. The molecule has 2 unspecified atom stereocenters. The van der Waals surface area contributed by atoms with Crippen LogP contribution in [0.1, 0.15) is 49.2 Å². The van der Waals surface area contributed by atoms with Crippen LogP contribution < -0.4 is 5.32 Å². The largest absolute Gasteiger partial charge is 0.372 e. The van der Waals surface area contributed by atoms with Crippen LogP contribution in [0.3, 0.4) is 0 Å². The Balaban J connectivity index is 1.77. The standard InChI is InChI=1S/C12H18N4O/c1-2-6-17-11(3-1)10-8-14-16-12(15-10)9-4-5-13-7-9/h8-9,11,13H,1-7H2. The molecule has 0 bridgehead atoms. The molecule has 0 amide bonds. The first-order chi connectivity index (χ1) is 8.43. The summed E-state index contributed by atoms with van der Waals surface area (Å²) < 4.78 is 5.74. The predicted octanol–water partition coefficient (Wildman–Crippen LogP) is 1.19. The van der Waals surface area contributed by atoms with E-state index in [2.05, 4.69) is 20.5 Å². The lowest BCUT2D eigenvalue weighted by molar-refractivity contribution is 0.0117. The van der Waals surface area contributed by atoms with Crippen LogP contribution in [0.15, 0.2) is 6.20 Å². The van der Waals surface area contributed by atoms with Gasteiger partial charge in [0, 0.05) is 19.1 Å². The molecule has 0 radical (unpaired) electrons. The average Bonchev–Trinajstić information content (AvgIpc) is 2.94. The van der Waals surface area contributed by atoms with Crippen molar-refractivity contribution in [1.82, 2.24) is 20.5 Å². The first-order valence-electron chi connectivity index (χ1n) is 6.45. The molecule has 3 rings (SSSR count). The molecule has 2 aliphatic heterocycles. The number of nitrogens with zero attached hydrogens (tertiary/aromatic N) is 3. The zero-order chi connectivity index (χ0) is 11.5. The molecular formula is C12H18N4O. The highest BCUT2D eigenvalue weighted by atomic mass is 16.5. The summed E-state index contributed by atoms with van der Waals surface area (Å²) in [5.74, 6) is 1.30. The van der Waals surface area contributed by atoms with E-state index in [0.717, 1.165) is 50.5 Å². The van der Waals surface area contributed by atoms with Gasteiger partial charge in [-0.15, -0.1) is 5.10 Å². The van der Waals surface area contributed by atoms with Crippen molar-refractivity contribution >= 4 is 0 Å². The van der Waals surface area contributed by atoms with Gasteiger partial charge in [-0.25, -0.2) is 4.98 Å². The van der Waals surface area contributed by atoms with Gasteiger partial charge in [0.2, 0.25) is 0 Å². The molecule has 2 saturated heterocycles. The quantitative estimate of drug-likeness (QED) is 0.833. The number of hydrogen-bond acceptors (Lipinski definition) is 5. The minimum Gasteiger partial charge on any atom is -0.372 e. The van der Waals surface area contributed by atoms with E-state index in [9.17, 15) is 0 Å². The van der Waals surface area contributed by atoms with E-state index in [-0.39, 0.29) is 6.10 Å². The van der Waals surface area contributed by atoms with Gasteiger partial charge in [0.15, 0.2) is 5.82 Å². The number of rotatable bonds is 2. The summed E-state index contributed by atoms with van der Waals surface area (Å²) in [6, 6.07) is 0. The molecular weight excluding hydrogens is 216 g/mol. The summed E-state index contributed by atoms with van der Waals surface area (Å²) in [5.41, 5.74) is 0.960. The van der Waals surface area contributed by atoms with Gasteiger partial charge in [-0.1, -0.05) is 0 Å². The maximum Gasteiger partial charge on any atom is 0.155 e. The van der Waals surface area contributed by atoms with Crippen molar-refractivity contribution in [1.29, 1.82) is 0 Å². The topological polar surface area (TPSA) is 59.9 Å². The van der Waals surface area contributed by atoms with Gasteiger partial charge in [-0.2, -0.15) is 5.10 Å². The molecule has 0 aromatic carbocycles. The summed E-state index contributed by atoms with van der Waals surface area (Å²) in [4.78, 5) is 4.64. The first kappa shape index (κ1) is 11.0. The Morgan fingerprint density at radius 2 is 2.29 bits per heavy atom. The van der Waals surface area contributed by atoms with Gasteiger partial charge in [-0.3, -0.25) is 0 Å². The van der Waals surface area contributed by atoms with E-state index >= 15 is 0 Å². The molecule has 0 spiro atoms. The second kappa shape index (κ2) is 5.06. The van der Waals surface area contributed by atoms with E-state index in [0.29, 0.717) is 5.92 Å². The van der Waals surface area contributed by atoms with Crippen LogP contribution in [-0.4, -0.2) is 34.9 Å². The zero-order valence-electron chi connectivity index (χ0n) is 9.93. The van der Waals surface area contributed by atoms with Gasteiger partial charge >= 0.3 is 0 Å². The Labute approximate surface area is 101 Å². The van der Waals surface area contributed by atoms with Crippen LogP contribution in [0.5, 0.6) is 0 Å². The lowest BCUT2D eigenvalue weighted by Gasteiger charge is -2.22. The van der Waals surface area contributed by atoms with Gasteiger partial charge in [0.25, 0.3) is 0 Å². The molecule has 17 heavy (non-hydrogen) atoms. The molecule has 0 saturated carbocycles. The van der Waals surface area contributed by atoms with Gasteiger partial charge < -0.3 is 10.1 Å². The van der Waals surface area contributed by atoms with E-state index in [1.165, 1.54) is 6.42 Å². The molecule has 5 heteroatoms. The van der Waals surface area contributed by atoms with Crippen molar-refractivity contribution in [3.05, 3.63) is 17.7 Å². The van der Waals surface area contributed by atoms with Crippen molar-refractivity contribution in [2.24, 2.45) is 0 Å². The third-order valence-electron chi connectivity index (χ3n) is 3.53. The molecule has 0 aliphatic carbocycles. The van der Waals surface area contributed by atoms with Crippen molar-refractivity contribution in [2.75, 3.05) is 19.7 Å². The van der Waals surface area contributed by atoms with Crippen molar-refractivity contribution in [2.45, 2.75) is 37.7 Å². The molecule has 2 atom stereocenters. The third-order valence-corrected chi connectivity index (χ3v) is 3.53. The summed E-state index contributed by atoms with van der Waals surface area (Å²) in [6.07, 6.45) is 6.43. The fourth-order valence-electron chi connectivity index (χ4n) is 2.51. The van der Waals surface area contributed by atoms with Gasteiger partial charge in [0.05, 0.1) is 11.9 Å². The third kappa shape index (κ3) is 2.45. The maximum absolute atomic E-state index is 5.74. The van der Waals surface area contributed by atoms with E-state index in [4.69, 9.17) is 4.74 Å². The van der Waals surface area contributed by atoms with Crippen LogP contribution in [-0.2, 0) is 4.74 Å². The minimum absolute atomic E-state index is 0.132. The highest BCUT2D eigenvalue weighted by molar-refractivity contribution is 5.06.